The number of para-hydroxylation sites is 1. The first-order valence-electron chi connectivity index (χ1n) is 5.27. The van der Waals surface area contributed by atoms with Crippen LogP contribution in [-0.4, -0.2) is 22.9 Å². The van der Waals surface area contributed by atoms with Crippen LogP contribution >= 0.6 is 0 Å². The Balaban J connectivity index is 2.02. The van der Waals surface area contributed by atoms with Crippen molar-refractivity contribution in [1.82, 2.24) is 9.78 Å². The number of rotatable bonds is 5. The topological polar surface area (TPSA) is 53.1 Å². The van der Waals surface area contributed by atoms with Gasteiger partial charge < -0.3 is 10.5 Å². The second kappa shape index (κ2) is 5.44. The van der Waals surface area contributed by atoms with Gasteiger partial charge in [0.2, 0.25) is 0 Å². The zero-order valence-electron chi connectivity index (χ0n) is 9.04. The summed E-state index contributed by atoms with van der Waals surface area (Å²) >= 11 is 0. The highest BCUT2D eigenvalue weighted by Crippen LogP contribution is 2.08. The largest absolute Gasteiger partial charge is 0.375 e. The van der Waals surface area contributed by atoms with Crippen molar-refractivity contribution in [3.05, 3.63) is 48.3 Å². The molecule has 0 amide bonds. The van der Waals surface area contributed by atoms with Crippen molar-refractivity contribution >= 4 is 0 Å². The molecule has 2 aromatic rings. The van der Waals surface area contributed by atoms with Crippen molar-refractivity contribution in [2.45, 2.75) is 6.61 Å². The number of ether oxygens (including phenoxy) is 1. The Morgan fingerprint density at radius 3 is 2.81 bits per heavy atom. The number of nitrogens with two attached hydrogens (primary N) is 1. The van der Waals surface area contributed by atoms with Crippen molar-refractivity contribution in [3.8, 4) is 5.69 Å². The molecule has 0 fully saturated rings. The third kappa shape index (κ3) is 2.68. The number of hydrogen-bond donors (Lipinski definition) is 1. The molecule has 1 heterocycles. The van der Waals surface area contributed by atoms with E-state index in [9.17, 15) is 0 Å². The molecule has 0 bridgehead atoms. The van der Waals surface area contributed by atoms with Gasteiger partial charge in [0.15, 0.2) is 0 Å². The predicted molar refractivity (Wildman–Crippen MR) is 62.3 cm³/mol. The van der Waals surface area contributed by atoms with Gasteiger partial charge in [-0.25, -0.2) is 4.68 Å². The molecule has 0 aliphatic carbocycles. The van der Waals surface area contributed by atoms with E-state index in [4.69, 9.17) is 10.5 Å². The Bertz CT molecular complexity index is 425. The molecule has 1 aromatic heterocycles. The van der Waals surface area contributed by atoms with Gasteiger partial charge in [-0.3, -0.25) is 0 Å². The molecule has 2 rings (SSSR count). The van der Waals surface area contributed by atoms with Crippen molar-refractivity contribution in [2.24, 2.45) is 5.73 Å². The molecule has 0 aliphatic heterocycles. The van der Waals surface area contributed by atoms with E-state index in [0.717, 1.165) is 11.3 Å². The SMILES string of the molecule is NCCOCc1cnn(-c2ccccc2)c1. The van der Waals surface area contributed by atoms with Gasteiger partial charge in [-0.15, -0.1) is 0 Å². The van der Waals surface area contributed by atoms with Crippen LogP contribution in [0, 0.1) is 0 Å². The molecule has 4 nitrogen and oxygen atoms in total. The lowest BCUT2D eigenvalue weighted by atomic mass is 10.3. The fourth-order valence-electron chi connectivity index (χ4n) is 1.43. The Labute approximate surface area is 94.6 Å². The lowest BCUT2D eigenvalue weighted by molar-refractivity contribution is 0.128. The fourth-order valence-corrected chi connectivity index (χ4v) is 1.43. The second-order valence-electron chi connectivity index (χ2n) is 3.47. The summed E-state index contributed by atoms with van der Waals surface area (Å²) in [5.41, 5.74) is 7.44. The minimum absolute atomic E-state index is 0.548. The van der Waals surface area contributed by atoms with E-state index in [0.29, 0.717) is 19.8 Å². The summed E-state index contributed by atoms with van der Waals surface area (Å²) in [5.74, 6) is 0. The molecule has 2 N–H and O–H groups in total. The molecule has 16 heavy (non-hydrogen) atoms. The van der Waals surface area contributed by atoms with Gasteiger partial charge in [0.1, 0.15) is 0 Å². The van der Waals surface area contributed by atoms with Crippen LogP contribution in [0.4, 0.5) is 0 Å². The maximum Gasteiger partial charge on any atom is 0.0748 e. The molecule has 0 saturated heterocycles. The van der Waals surface area contributed by atoms with Gasteiger partial charge in [-0.05, 0) is 12.1 Å². The number of benzene rings is 1. The van der Waals surface area contributed by atoms with Gasteiger partial charge in [-0.2, -0.15) is 5.10 Å². The highest BCUT2D eigenvalue weighted by atomic mass is 16.5. The van der Waals surface area contributed by atoms with Gasteiger partial charge >= 0.3 is 0 Å². The molecule has 0 atom stereocenters. The number of hydrogen-bond acceptors (Lipinski definition) is 3. The lowest BCUT2D eigenvalue weighted by Gasteiger charge is -2.00. The number of nitrogens with zero attached hydrogens (tertiary/aromatic N) is 2. The average molecular weight is 217 g/mol. The normalized spacial score (nSPS) is 10.6. The predicted octanol–water partition coefficient (Wildman–Crippen LogP) is 1.35. The Hall–Kier alpha value is -1.65. The highest BCUT2D eigenvalue weighted by molar-refractivity contribution is 5.30. The van der Waals surface area contributed by atoms with Crippen LogP contribution in [0.2, 0.25) is 0 Å². The second-order valence-corrected chi connectivity index (χ2v) is 3.47. The average Bonchev–Trinajstić information content (AvgIpc) is 2.79. The van der Waals surface area contributed by atoms with Crippen molar-refractivity contribution in [1.29, 1.82) is 0 Å². The van der Waals surface area contributed by atoms with E-state index in [2.05, 4.69) is 5.10 Å². The van der Waals surface area contributed by atoms with E-state index in [-0.39, 0.29) is 0 Å². The summed E-state index contributed by atoms with van der Waals surface area (Å²) in [7, 11) is 0. The highest BCUT2D eigenvalue weighted by Gasteiger charge is 1.99. The third-order valence-electron chi connectivity index (χ3n) is 2.19. The smallest absolute Gasteiger partial charge is 0.0748 e. The maximum atomic E-state index is 5.34. The monoisotopic (exact) mass is 217 g/mol. The summed E-state index contributed by atoms with van der Waals surface area (Å²) in [6.45, 7) is 1.69. The van der Waals surface area contributed by atoms with E-state index >= 15 is 0 Å². The first-order valence-corrected chi connectivity index (χ1v) is 5.27. The van der Waals surface area contributed by atoms with E-state index in [1.165, 1.54) is 0 Å². The van der Waals surface area contributed by atoms with Gasteiger partial charge in [0, 0.05) is 18.3 Å². The van der Waals surface area contributed by atoms with Crippen LogP contribution in [-0.2, 0) is 11.3 Å². The minimum Gasteiger partial charge on any atom is -0.375 e. The Morgan fingerprint density at radius 1 is 1.25 bits per heavy atom. The summed E-state index contributed by atoms with van der Waals surface area (Å²) in [6, 6.07) is 9.98. The van der Waals surface area contributed by atoms with Crippen molar-refractivity contribution in [2.75, 3.05) is 13.2 Å². The van der Waals surface area contributed by atoms with Crippen LogP contribution in [0.3, 0.4) is 0 Å². The number of aromatic nitrogens is 2. The first kappa shape index (κ1) is 10.9. The van der Waals surface area contributed by atoms with Gasteiger partial charge in [0.05, 0.1) is 25.1 Å². The van der Waals surface area contributed by atoms with Crippen LogP contribution in [0.25, 0.3) is 5.69 Å². The van der Waals surface area contributed by atoms with Crippen LogP contribution < -0.4 is 5.73 Å². The molecule has 4 heteroatoms. The zero-order chi connectivity index (χ0) is 11.2. The summed E-state index contributed by atoms with van der Waals surface area (Å²) in [4.78, 5) is 0. The molecular formula is C12H15N3O. The van der Waals surface area contributed by atoms with Gasteiger partial charge in [-0.1, -0.05) is 18.2 Å². The Kier molecular flexibility index (Phi) is 3.69. The van der Waals surface area contributed by atoms with Crippen LogP contribution in [0.5, 0.6) is 0 Å². The van der Waals surface area contributed by atoms with E-state index in [1.54, 1.807) is 0 Å². The fraction of sp³-hybridized carbons (Fsp3) is 0.250. The zero-order valence-corrected chi connectivity index (χ0v) is 9.04. The molecular weight excluding hydrogens is 202 g/mol. The summed E-state index contributed by atoms with van der Waals surface area (Å²) < 4.78 is 7.17. The lowest BCUT2D eigenvalue weighted by Crippen LogP contribution is -2.07. The minimum atomic E-state index is 0.548. The summed E-state index contributed by atoms with van der Waals surface area (Å²) in [5, 5.41) is 4.27. The third-order valence-corrected chi connectivity index (χ3v) is 2.19. The van der Waals surface area contributed by atoms with Crippen molar-refractivity contribution in [3.63, 3.8) is 0 Å². The van der Waals surface area contributed by atoms with Crippen molar-refractivity contribution < 1.29 is 4.74 Å². The first-order chi connectivity index (χ1) is 7.90. The molecule has 0 spiro atoms. The maximum absolute atomic E-state index is 5.34. The molecule has 1 aromatic carbocycles. The van der Waals surface area contributed by atoms with E-state index < -0.39 is 0 Å². The molecule has 84 valence electrons. The van der Waals surface area contributed by atoms with Gasteiger partial charge in [0.25, 0.3) is 0 Å². The quantitative estimate of drug-likeness (QED) is 0.769. The van der Waals surface area contributed by atoms with E-state index in [1.807, 2.05) is 47.4 Å². The molecule has 0 aliphatic rings. The molecule has 0 unspecified atom stereocenters. The molecule has 0 radical (unpaired) electrons. The van der Waals surface area contributed by atoms with Crippen LogP contribution in [0.15, 0.2) is 42.7 Å². The Morgan fingerprint density at radius 2 is 2.06 bits per heavy atom. The summed E-state index contributed by atoms with van der Waals surface area (Å²) in [6.07, 6.45) is 3.77. The van der Waals surface area contributed by atoms with Crippen LogP contribution in [0.1, 0.15) is 5.56 Å². The standard InChI is InChI=1S/C12H15N3O/c13-6-7-16-10-11-8-14-15(9-11)12-4-2-1-3-5-12/h1-5,8-9H,6-7,10,13H2. The molecule has 0 saturated carbocycles.